The Morgan fingerprint density at radius 2 is 2.16 bits per heavy atom. The summed E-state index contributed by atoms with van der Waals surface area (Å²) in [7, 11) is 2.11. The van der Waals surface area contributed by atoms with E-state index < -0.39 is 11.5 Å². The van der Waals surface area contributed by atoms with Crippen molar-refractivity contribution in [3.05, 3.63) is 29.1 Å². The molecule has 0 radical (unpaired) electrons. The molecule has 2 fully saturated rings. The average molecular weight is 523 g/mol. The molecule has 3 N–H and O–H groups in total. The Kier molecular flexibility index (Phi) is 7.90. The zero-order valence-corrected chi connectivity index (χ0v) is 22.4. The van der Waals surface area contributed by atoms with Crippen molar-refractivity contribution in [3.8, 4) is 17.5 Å². The number of aromatic nitrogens is 3. The second kappa shape index (κ2) is 11.3. The minimum atomic E-state index is -0.545. The second-order valence-corrected chi connectivity index (χ2v) is 10.9. The Balaban J connectivity index is 1.49. The van der Waals surface area contributed by atoms with E-state index >= 15 is 0 Å². The van der Waals surface area contributed by atoms with Crippen molar-refractivity contribution in [1.29, 1.82) is 0 Å². The van der Waals surface area contributed by atoms with Gasteiger partial charge in [0.2, 0.25) is 17.5 Å². The topological polar surface area (TPSA) is 140 Å². The third-order valence-corrected chi connectivity index (χ3v) is 8.09. The van der Waals surface area contributed by atoms with Gasteiger partial charge in [-0.2, -0.15) is 4.98 Å². The molecule has 1 spiro atoms. The van der Waals surface area contributed by atoms with Crippen LogP contribution in [0, 0.1) is 0 Å². The molecule has 1 aliphatic heterocycles. The van der Waals surface area contributed by atoms with Gasteiger partial charge in [0.05, 0.1) is 29.5 Å². The predicted molar refractivity (Wildman–Crippen MR) is 144 cm³/mol. The van der Waals surface area contributed by atoms with Crippen LogP contribution in [0.1, 0.15) is 75.2 Å². The SMILES string of the molecule is C[C@@H](O)CN=C/C=C(\N)c1cc(OC[C@@H]2CCCN2C)nc(-c2onc3c2CCC[C@@]32CCCCC2=O)n1. The lowest BCUT2D eigenvalue weighted by Crippen LogP contribution is -2.41. The molecule has 3 heterocycles. The standard InChI is InChI=1S/C28H38N6O4/c1-18(35)16-30-13-10-21(29)22-15-24(37-17-19-7-6-14-34(19)2)32-27(31-22)25-20-8-5-12-28(26(20)33-38-25)11-4-3-9-23(28)36/h10,13,15,18-19,35H,3-9,11-12,14,16-17,29H2,1-2H3/b21-10-,30-13?/t18-,19+,28-/m1/s1. The van der Waals surface area contributed by atoms with Crippen molar-refractivity contribution >= 4 is 17.7 Å². The fraction of sp³-hybridized carbons (Fsp3) is 0.607. The lowest BCUT2D eigenvalue weighted by Gasteiger charge is -2.37. The molecule has 2 aromatic heterocycles. The highest BCUT2D eigenvalue weighted by molar-refractivity contribution is 5.91. The monoisotopic (exact) mass is 522 g/mol. The summed E-state index contributed by atoms with van der Waals surface area (Å²) in [5.41, 5.74) is 8.39. The maximum absolute atomic E-state index is 13.1. The van der Waals surface area contributed by atoms with Crippen LogP contribution >= 0.6 is 0 Å². The van der Waals surface area contributed by atoms with Crippen LogP contribution in [0.25, 0.3) is 17.3 Å². The molecule has 10 nitrogen and oxygen atoms in total. The quantitative estimate of drug-likeness (QED) is 0.501. The van der Waals surface area contributed by atoms with Crippen LogP contribution < -0.4 is 10.5 Å². The number of carbonyl (C=O) groups excluding carboxylic acids is 1. The molecule has 5 rings (SSSR count). The molecule has 1 saturated heterocycles. The second-order valence-electron chi connectivity index (χ2n) is 10.9. The number of allylic oxidation sites excluding steroid dienone is 1. The Bertz CT molecular complexity index is 1220. The number of carbonyl (C=O) groups is 1. The van der Waals surface area contributed by atoms with Gasteiger partial charge in [0.25, 0.3) is 0 Å². The molecule has 2 aliphatic carbocycles. The van der Waals surface area contributed by atoms with Gasteiger partial charge in [-0.25, -0.2) is 4.98 Å². The van der Waals surface area contributed by atoms with Gasteiger partial charge >= 0.3 is 0 Å². The number of nitrogens with two attached hydrogens (primary N) is 1. The maximum atomic E-state index is 13.1. The minimum Gasteiger partial charge on any atom is -0.476 e. The van der Waals surface area contributed by atoms with Crippen molar-refractivity contribution < 1.29 is 19.2 Å². The van der Waals surface area contributed by atoms with Crippen LogP contribution in [0.5, 0.6) is 5.88 Å². The molecule has 3 aliphatic rings. The van der Waals surface area contributed by atoms with Crippen LogP contribution in [0.2, 0.25) is 0 Å². The normalized spacial score (nSPS) is 25.3. The van der Waals surface area contributed by atoms with Crippen molar-refractivity contribution in [3.63, 3.8) is 0 Å². The summed E-state index contributed by atoms with van der Waals surface area (Å²) >= 11 is 0. The highest BCUT2D eigenvalue weighted by Crippen LogP contribution is 2.47. The molecule has 0 aromatic carbocycles. The number of rotatable bonds is 8. The molecule has 10 heteroatoms. The first kappa shape index (κ1) is 26.5. The number of aliphatic hydroxyl groups excluding tert-OH is 1. The van der Waals surface area contributed by atoms with Gasteiger partial charge < -0.3 is 25.0 Å². The summed E-state index contributed by atoms with van der Waals surface area (Å²) in [5, 5.41) is 13.9. The fourth-order valence-corrected chi connectivity index (χ4v) is 5.94. The number of ketones is 1. The molecule has 3 atom stereocenters. The zero-order valence-electron chi connectivity index (χ0n) is 22.4. The molecule has 38 heavy (non-hydrogen) atoms. The molecular weight excluding hydrogens is 484 g/mol. The van der Waals surface area contributed by atoms with E-state index in [1.165, 1.54) is 0 Å². The van der Waals surface area contributed by atoms with E-state index in [-0.39, 0.29) is 12.3 Å². The van der Waals surface area contributed by atoms with Crippen LogP contribution in [0.15, 0.2) is 21.7 Å². The van der Waals surface area contributed by atoms with E-state index in [0.29, 0.717) is 47.9 Å². The third-order valence-electron chi connectivity index (χ3n) is 8.09. The first-order valence-corrected chi connectivity index (χ1v) is 13.8. The first-order valence-electron chi connectivity index (χ1n) is 13.8. The Hall–Kier alpha value is -3.11. The number of Topliss-reactive ketones (excluding diaryl/α,β-unsaturated/α-hetero) is 1. The summed E-state index contributed by atoms with van der Waals surface area (Å²) in [6.45, 7) is 3.53. The van der Waals surface area contributed by atoms with Gasteiger partial charge in [-0.3, -0.25) is 9.79 Å². The number of hydrogen-bond donors (Lipinski definition) is 2. The van der Waals surface area contributed by atoms with E-state index in [9.17, 15) is 9.90 Å². The largest absolute Gasteiger partial charge is 0.476 e. The number of aliphatic hydroxyl groups is 1. The molecule has 2 aromatic rings. The number of nitrogens with zero attached hydrogens (tertiary/aromatic N) is 5. The summed E-state index contributed by atoms with van der Waals surface area (Å²) in [4.78, 5) is 29.0. The number of likely N-dealkylation sites (N-methyl/N-ethyl adjacent to an activating group) is 1. The van der Waals surface area contributed by atoms with E-state index in [0.717, 1.165) is 69.2 Å². The minimum absolute atomic E-state index is 0.271. The highest BCUT2D eigenvalue weighted by Gasteiger charge is 2.47. The van der Waals surface area contributed by atoms with E-state index in [1.54, 1.807) is 25.3 Å². The fourth-order valence-electron chi connectivity index (χ4n) is 5.94. The van der Waals surface area contributed by atoms with Gasteiger partial charge in [-0.15, -0.1) is 0 Å². The predicted octanol–water partition coefficient (Wildman–Crippen LogP) is 3.07. The molecule has 1 saturated carbocycles. The first-order chi connectivity index (χ1) is 18.4. The highest BCUT2D eigenvalue weighted by atomic mass is 16.5. The molecular formula is C28H38N6O4. The summed E-state index contributed by atoms with van der Waals surface area (Å²) in [6.07, 6.45) is 10.7. The molecule has 0 bridgehead atoms. The average Bonchev–Trinajstić information content (AvgIpc) is 3.53. The Labute approximate surface area is 223 Å². The number of fused-ring (bicyclic) bond motifs is 2. The van der Waals surface area contributed by atoms with Crippen LogP contribution in [-0.4, -0.2) is 76.0 Å². The van der Waals surface area contributed by atoms with Crippen molar-refractivity contribution in [2.45, 2.75) is 82.3 Å². The smallest absolute Gasteiger partial charge is 0.217 e. The summed E-state index contributed by atoms with van der Waals surface area (Å²) < 4.78 is 12.0. The lowest BCUT2D eigenvalue weighted by molar-refractivity contribution is -0.127. The van der Waals surface area contributed by atoms with Gasteiger partial charge in [-0.1, -0.05) is 11.6 Å². The summed E-state index contributed by atoms with van der Waals surface area (Å²) in [6, 6.07) is 2.05. The molecule has 204 valence electrons. The Morgan fingerprint density at radius 3 is 2.92 bits per heavy atom. The number of hydrogen-bond acceptors (Lipinski definition) is 10. The van der Waals surface area contributed by atoms with Crippen LogP contribution in [-0.2, 0) is 16.6 Å². The van der Waals surface area contributed by atoms with E-state index in [4.69, 9.17) is 25.0 Å². The number of ether oxygens (including phenoxy) is 1. The molecule has 0 unspecified atom stereocenters. The van der Waals surface area contributed by atoms with Gasteiger partial charge in [-0.05, 0) is 71.5 Å². The summed E-state index contributed by atoms with van der Waals surface area (Å²) in [5.74, 6) is 1.51. The molecule has 0 amide bonds. The van der Waals surface area contributed by atoms with Crippen LogP contribution in [0.4, 0.5) is 0 Å². The van der Waals surface area contributed by atoms with Gasteiger partial charge in [0.1, 0.15) is 18.1 Å². The maximum Gasteiger partial charge on any atom is 0.217 e. The van der Waals surface area contributed by atoms with E-state index in [2.05, 4.69) is 22.1 Å². The van der Waals surface area contributed by atoms with E-state index in [1.807, 2.05) is 0 Å². The Morgan fingerprint density at radius 1 is 1.32 bits per heavy atom. The lowest BCUT2D eigenvalue weighted by atomic mass is 9.64. The number of likely N-dealkylation sites (tertiary alicyclic amines) is 1. The van der Waals surface area contributed by atoms with Crippen LogP contribution in [0.3, 0.4) is 0 Å². The third kappa shape index (κ3) is 5.37. The zero-order chi connectivity index (χ0) is 26.7. The number of aliphatic imine (C=N–C) groups is 1. The van der Waals surface area contributed by atoms with Gasteiger partial charge in [0, 0.05) is 30.3 Å². The van der Waals surface area contributed by atoms with Gasteiger partial charge in [0.15, 0.2) is 0 Å². The van der Waals surface area contributed by atoms with Crippen molar-refractivity contribution in [2.24, 2.45) is 10.7 Å². The van der Waals surface area contributed by atoms with Crippen molar-refractivity contribution in [2.75, 3.05) is 26.7 Å². The van der Waals surface area contributed by atoms with Crippen molar-refractivity contribution in [1.82, 2.24) is 20.0 Å².